The number of alkyl halides is 1. The monoisotopic (exact) mass is 557 g/mol. The molecule has 5 rings (SSSR count). The number of hydrogen-bond donors (Lipinski definition) is 1. The van der Waals surface area contributed by atoms with Gasteiger partial charge in [-0.2, -0.15) is 0 Å². The first kappa shape index (κ1) is 21.7. The number of rotatable bonds is 6. The number of pyridine rings is 1. The van der Waals surface area contributed by atoms with E-state index in [9.17, 15) is 0 Å². The summed E-state index contributed by atoms with van der Waals surface area (Å²) in [5, 5.41) is 3.57. The molecule has 0 atom stereocenters. The van der Waals surface area contributed by atoms with E-state index in [0.717, 1.165) is 56.8 Å². The number of methoxy groups -OCH3 is 1. The van der Waals surface area contributed by atoms with Crippen molar-refractivity contribution in [2.75, 3.05) is 30.3 Å². The predicted octanol–water partition coefficient (Wildman–Crippen LogP) is 5.91. The zero-order valence-corrected chi connectivity index (χ0v) is 20.8. The van der Waals surface area contributed by atoms with Crippen molar-refractivity contribution < 1.29 is 18.9 Å². The van der Waals surface area contributed by atoms with Gasteiger partial charge < -0.3 is 24.3 Å². The molecular weight excluding hydrogens is 533 g/mol. The number of nitrogens with zero attached hydrogens (tertiary/aromatic N) is 2. The predicted molar refractivity (Wildman–Crippen MR) is 137 cm³/mol. The summed E-state index contributed by atoms with van der Waals surface area (Å²) in [7, 11) is 1.66. The lowest BCUT2D eigenvalue weighted by Gasteiger charge is -2.20. The molecule has 170 valence electrons. The van der Waals surface area contributed by atoms with Gasteiger partial charge in [-0.05, 0) is 84.0 Å². The molecule has 3 heterocycles. The molecule has 1 aliphatic heterocycles. The first-order valence-corrected chi connectivity index (χ1v) is 12.1. The summed E-state index contributed by atoms with van der Waals surface area (Å²) in [6, 6.07) is 15.8. The summed E-state index contributed by atoms with van der Waals surface area (Å²) in [6.45, 7) is 5.26. The minimum Gasteiger partial charge on any atom is -0.486 e. The Bertz CT molecular complexity index is 1310. The zero-order valence-electron chi connectivity index (χ0n) is 18.6. The van der Waals surface area contributed by atoms with Gasteiger partial charge in [-0.15, -0.1) is 0 Å². The minimum absolute atomic E-state index is 0.537. The molecule has 1 N–H and O–H groups in total. The Morgan fingerprint density at radius 1 is 1.03 bits per heavy atom. The van der Waals surface area contributed by atoms with E-state index in [4.69, 9.17) is 23.9 Å². The summed E-state index contributed by atoms with van der Waals surface area (Å²) in [6.07, 6.45) is 0. The molecule has 0 fully saturated rings. The molecule has 4 aromatic rings. The van der Waals surface area contributed by atoms with E-state index in [2.05, 4.69) is 53.9 Å². The number of ether oxygens (including phenoxy) is 4. The molecule has 0 saturated carbocycles. The third-order valence-corrected chi connectivity index (χ3v) is 5.90. The van der Waals surface area contributed by atoms with Crippen LogP contribution in [0.2, 0.25) is 0 Å². The zero-order chi connectivity index (χ0) is 22.9. The molecule has 0 aliphatic carbocycles. The molecular formula is C25H24IN3O4. The Kier molecular flexibility index (Phi) is 5.92. The van der Waals surface area contributed by atoms with Gasteiger partial charge in [0.15, 0.2) is 11.5 Å². The van der Waals surface area contributed by atoms with Crippen molar-refractivity contribution in [3.05, 3.63) is 59.7 Å². The topological polar surface area (TPSA) is 66.2 Å². The van der Waals surface area contributed by atoms with Crippen molar-refractivity contribution in [2.24, 2.45) is 0 Å². The van der Waals surface area contributed by atoms with Gasteiger partial charge in [0, 0.05) is 17.3 Å². The smallest absolute Gasteiger partial charge is 0.200 e. The molecule has 33 heavy (non-hydrogen) atoms. The van der Waals surface area contributed by atoms with Crippen molar-refractivity contribution in [2.45, 2.75) is 13.8 Å². The highest BCUT2D eigenvalue weighted by atomic mass is 127. The number of nitrogens with one attached hydrogen (secondary N) is 1. The van der Waals surface area contributed by atoms with Gasteiger partial charge in [0.25, 0.3) is 0 Å². The Morgan fingerprint density at radius 2 is 1.79 bits per heavy atom. The van der Waals surface area contributed by atoms with Crippen molar-refractivity contribution >= 4 is 39.7 Å². The van der Waals surface area contributed by atoms with Crippen LogP contribution in [0.25, 0.3) is 16.9 Å². The lowest BCUT2D eigenvalue weighted by atomic mass is 9.99. The van der Waals surface area contributed by atoms with E-state index in [1.165, 1.54) is 0 Å². The fourth-order valence-corrected chi connectivity index (χ4v) is 4.57. The van der Waals surface area contributed by atoms with Gasteiger partial charge >= 0.3 is 0 Å². The van der Waals surface area contributed by atoms with E-state index in [1.807, 2.05) is 40.8 Å². The lowest BCUT2D eigenvalue weighted by Crippen LogP contribution is -2.15. The normalized spacial score (nSPS) is 12.6. The van der Waals surface area contributed by atoms with Crippen LogP contribution in [0, 0.1) is 13.8 Å². The number of hydrogen-bond acceptors (Lipinski definition) is 6. The summed E-state index contributed by atoms with van der Waals surface area (Å²) in [5.41, 5.74) is 5.72. The van der Waals surface area contributed by atoms with E-state index in [1.54, 1.807) is 7.11 Å². The summed E-state index contributed by atoms with van der Waals surface area (Å²) in [4.78, 5) is 4.99. The molecule has 1 aliphatic rings. The standard InChI is InChI=1S/C25H24IN3O4/c1-15-11-18(33-14-26)12-16(2)23(15)24-25(29-21(28-24)5-4-6-22(29)30-3)27-17-7-8-19-20(13-17)32-10-9-31-19/h4-8,11-13,27H,9-10,14H2,1-3H3. The molecule has 0 unspecified atom stereocenters. The number of anilines is 2. The van der Waals surface area contributed by atoms with Crippen LogP contribution in [0.1, 0.15) is 11.1 Å². The Morgan fingerprint density at radius 3 is 2.52 bits per heavy atom. The van der Waals surface area contributed by atoms with E-state index >= 15 is 0 Å². The van der Waals surface area contributed by atoms with Crippen molar-refractivity contribution in [3.8, 4) is 34.4 Å². The van der Waals surface area contributed by atoms with Crippen LogP contribution in [0.4, 0.5) is 11.5 Å². The van der Waals surface area contributed by atoms with Gasteiger partial charge in [-0.1, -0.05) is 6.07 Å². The minimum atomic E-state index is 0.537. The van der Waals surface area contributed by atoms with Gasteiger partial charge in [0.1, 0.15) is 40.7 Å². The van der Waals surface area contributed by atoms with Crippen LogP contribution in [0.3, 0.4) is 0 Å². The fraction of sp³-hybridized carbons (Fsp3) is 0.240. The Balaban J connectivity index is 1.69. The fourth-order valence-electron chi connectivity index (χ4n) is 4.21. The van der Waals surface area contributed by atoms with Crippen molar-refractivity contribution in [1.29, 1.82) is 0 Å². The molecule has 8 heteroatoms. The number of imidazole rings is 1. The molecule has 7 nitrogen and oxygen atoms in total. The average molecular weight is 557 g/mol. The molecule has 0 spiro atoms. The number of halogens is 1. The molecule has 0 amide bonds. The summed E-state index contributed by atoms with van der Waals surface area (Å²) in [5.74, 6) is 3.83. The second-order valence-electron chi connectivity index (χ2n) is 7.74. The van der Waals surface area contributed by atoms with Crippen LogP contribution in [-0.2, 0) is 0 Å². The van der Waals surface area contributed by atoms with E-state index in [0.29, 0.717) is 23.7 Å². The van der Waals surface area contributed by atoms with Gasteiger partial charge in [0.05, 0.1) is 7.11 Å². The number of fused-ring (bicyclic) bond motifs is 2. The highest BCUT2D eigenvalue weighted by Gasteiger charge is 2.21. The highest BCUT2D eigenvalue weighted by molar-refractivity contribution is 14.1. The van der Waals surface area contributed by atoms with Crippen molar-refractivity contribution in [3.63, 3.8) is 0 Å². The van der Waals surface area contributed by atoms with E-state index in [-0.39, 0.29) is 0 Å². The first-order valence-electron chi connectivity index (χ1n) is 10.6. The van der Waals surface area contributed by atoms with Crippen LogP contribution in [0.15, 0.2) is 48.5 Å². The largest absolute Gasteiger partial charge is 0.486 e. The molecule has 2 aromatic heterocycles. The van der Waals surface area contributed by atoms with Crippen LogP contribution < -0.4 is 24.3 Å². The second kappa shape index (κ2) is 9.01. The summed E-state index contributed by atoms with van der Waals surface area (Å²) < 4.78 is 25.4. The van der Waals surface area contributed by atoms with Gasteiger partial charge in [0.2, 0.25) is 5.88 Å². The Hall–Kier alpha value is -3.14. The van der Waals surface area contributed by atoms with Crippen LogP contribution in [0.5, 0.6) is 23.1 Å². The molecule has 0 radical (unpaired) electrons. The number of aryl methyl sites for hydroxylation is 2. The summed E-state index contributed by atoms with van der Waals surface area (Å²) >= 11 is 2.20. The van der Waals surface area contributed by atoms with Crippen LogP contribution >= 0.6 is 22.6 Å². The quantitative estimate of drug-likeness (QED) is 0.235. The number of aromatic nitrogens is 2. The van der Waals surface area contributed by atoms with E-state index < -0.39 is 0 Å². The highest BCUT2D eigenvalue weighted by Crippen LogP contribution is 2.40. The maximum absolute atomic E-state index is 5.78. The second-order valence-corrected chi connectivity index (χ2v) is 8.36. The Labute approximate surface area is 205 Å². The van der Waals surface area contributed by atoms with Crippen molar-refractivity contribution in [1.82, 2.24) is 9.38 Å². The maximum Gasteiger partial charge on any atom is 0.200 e. The third kappa shape index (κ3) is 4.03. The van der Waals surface area contributed by atoms with Gasteiger partial charge in [-0.3, -0.25) is 0 Å². The lowest BCUT2D eigenvalue weighted by molar-refractivity contribution is 0.171. The van der Waals surface area contributed by atoms with Gasteiger partial charge in [-0.25, -0.2) is 9.38 Å². The maximum atomic E-state index is 5.78. The number of benzene rings is 2. The molecule has 2 aromatic carbocycles. The first-order chi connectivity index (χ1) is 16.1. The average Bonchev–Trinajstić information content (AvgIpc) is 3.16. The molecule has 0 saturated heterocycles. The third-order valence-electron chi connectivity index (χ3n) is 5.59. The SMILES string of the molecule is COc1cccc2nc(-c3c(C)cc(OCI)cc3C)c(Nc3ccc4c(c3)OCCO4)n12. The van der Waals surface area contributed by atoms with Crippen LogP contribution in [-0.4, -0.2) is 34.3 Å². The molecule has 0 bridgehead atoms.